The zero-order chi connectivity index (χ0) is 2.00. The molecule has 0 aliphatic rings. The van der Waals surface area contributed by atoms with Crippen molar-refractivity contribution in [1.29, 1.82) is 0 Å². The van der Waals surface area contributed by atoms with Crippen molar-refractivity contribution in [1.82, 2.24) is 0 Å². The van der Waals surface area contributed by atoms with Crippen LogP contribution in [0.4, 0.5) is 0 Å². The summed E-state index contributed by atoms with van der Waals surface area (Å²) >= 11 is 0. The molecule has 0 radical (unpaired) electrons. The first-order chi connectivity index (χ1) is 1.00. The SMILES string of the molecule is O.[CH2-]O.[H-].[H-].[Mg+2].[Zn]. The summed E-state index contributed by atoms with van der Waals surface area (Å²) in [4.78, 5) is 0. The van der Waals surface area contributed by atoms with Gasteiger partial charge in [-0.15, -0.1) is 0 Å². The molecule has 0 aromatic carbocycles. The second-order valence-corrected chi connectivity index (χ2v) is 0. The summed E-state index contributed by atoms with van der Waals surface area (Å²) in [7, 11) is 2.25. The molecule has 0 atom stereocenters. The molecule has 0 spiro atoms. The molecule has 0 amide bonds. The van der Waals surface area contributed by atoms with Crippen LogP contribution in [0.1, 0.15) is 2.85 Å². The van der Waals surface area contributed by atoms with Crippen molar-refractivity contribution in [3.05, 3.63) is 7.11 Å². The van der Waals surface area contributed by atoms with Gasteiger partial charge in [-0.2, -0.15) is 0 Å². The molecule has 0 fully saturated rings. The Balaban J connectivity index is -0.000000000500. The van der Waals surface area contributed by atoms with Crippen molar-refractivity contribution < 1.29 is 32.9 Å². The van der Waals surface area contributed by atoms with Crippen molar-refractivity contribution in [3.8, 4) is 0 Å². The Morgan fingerprint density at radius 1 is 1.40 bits per heavy atom. The third-order valence-corrected chi connectivity index (χ3v) is 0. The van der Waals surface area contributed by atoms with E-state index in [0.717, 1.165) is 0 Å². The van der Waals surface area contributed by atoms with E-state index in [4.69, 9.17) is 5.11 Å². The second-order valence-electron chi connectivity index (χ2n) is 0. The minimum atomic E-state index is 0. The summed E-state index contributed by atoms with van der Waals surface area (Å²) in [6.45, 7) is 0. The van der Waals surface area contributed by atoms with E-state index >= 15 is 0 Å². The average molecular weight is 141 g/mol. The molecule has 0 aliphatic heterocycles. The Morgan fingerprint density at radius 2 is 1.40 bits per heavy atom. The van der Waals surface area contributed by atoms with Crippen LogP contribution < -0.4 is 0 Å². The number of hydrogen-bond acceptors (Lipinski definition) is 1. The molecule has 0 bridgehead atoms. The third kappa shape index (κ3) is 33.9. The third-order valence-electron chi connectivity index (χ3n) is 0. The van der Waals surface area contributed by atoms with Gasteiger partial charge in [0, 0.05) is 19.5 Å². The first kappa shape index (κ1) is 33.3. The van der Waals surface area contributed by atoms with Crippen molar-refractivity contribution in [2.75, 3.05) is 0 Å². The topological polar surface area (TPSA) is 51.7 Å². The fraction of sp³-hybridized carbons (Fsp3) is 0. The molecule has 0 unspecified atom stereocenters. The van der Waals surface area contributed by atoms with Crippen molar-refractivity contribution in [2.45, 2.75) is 0 Å². The van der Waals surface area contributed by atoms with Crippen LogP contribution >= 0.6 is 0 Å². The monoisotopic (exact) mass is 139 g/mol. The van der Waals surface area contributed by atoms with Crippen LogP contribution in [-0.2, 0) is 19.5 Å². The maximum atomic E-state index is 6.75. The fourth-order valence-corrected chi connectivity index (χ4v) is 0. The smallest absolute Gasteiger partial charge is 1.00 e. The summed E-state index contributed by atoms with van der Waals surface area (Å²) in [5.41, 5.74) is 0. The van der Waals surface area contributed by atoms with Crippen LogP contribution in [0.2, 0.25) is 0 Å². The number of aliphatic hydroxyl groups excluding tert-OH is 1. The summed E-state index contributed by atoms with van der Waals surface area (Å²) in [6.07, 6.45) is 0. The van der Waals surface area contributed by atoms with Crippen molar-refractivity contribution in [2.24, 2.45) is 0 Å². The number of hydrogen-bond donors (Lipinski definition) is 1. The summed E-state index contributed by atoms with van der Waals surface area (Å²) in [6, 6.07) is 0. The van der Waals surface area contributed by atoms with E-state index in [1.165, 1.54) is 0 Å². The van der Waals surface area contributed by atoms with Crippen molar-refractivity contribution in [3.63, 3.8) is 0 Å². The molecule has 0 aliphatic carbocycles. The number of aliphatic hydroxyl groups is 1. The van der Waals surface area contributed by atoms with Crippen LogP contribution in [0.15, 0.2) is 0 Å². The normalized spacial score (nSPS) is 1.20. The van der Waals surface area contributed by atoms with Gasteiger partial charge in [0.2, 0.25) is 0 Å². The van der Waals surface area contributed by atoms with E-state index in [1.54, 1.807) is 0 Å². The molecule has 5 heavy (non-hydrogen) atoms. The van der Waals surface area contributed by atoms with E-state index in [9.17, 15) is 0 Å². The molecule has 3 N–H and O–H groups in total. The van der Waals surface area contributed by atoms with Crippen LogP contribution in [0.25, 0.3) is 0 Å². The first-order valence-corrected chi connectivity index (χ1v) is 0.316. The maximum absolute atomic E-state index is 6.75. The van der Waals surface area contributed by atoms with E-state index in [0.29, 0.717) is 0 Å². The Bertz CT molecular complexity index is 15.7. The van der Waals surface area contributed by atoms with Crippen LogP contribution in [0.5, 0.6) is 0 Å². The molecule has 0 aromatic heterocycles. The molecule has 0 saturated heterocycles. The minimum Gasteiger partial charge on any atom is -1.00 e. The molecule has 28 valence electrons. The average Bonchev–Trinajstić information content (AvgIpc) is 1.00. The molecular weight excluding hydrogens is 134 g/mol. The molecule has 0 rings (SSSR count). The van der Waals surface area contributed by atoms with Gasteiger partial charge in [0.05, 0.1) is 0 Å². The summed E-state index contributed by atoms with van der Waals surface area (Å²) in [5.74, 6) is 0. The molecular formula is CH7MgO2Zn-. The van der Waals surface area contributed by atoms with Crippen LogP contribution in [0, 0.1) is 7.11 Å². The molecule has 0 heterocycles. The van der Waals surface area contributed by atoms with E-state index in [1.807, 2.05) is 0 Å². The molecule has 0 saturated carbocycles. The largest absolute Gasteiger partial charge is 2.00 e. The van der Waals surface area contributed by atoms with Crippen LogP contribution in [0.3, 0.4) is 0 Å². The summed E-state index contributed by atoms with van der Waals surface area (Å²) in [5, 5.41) is 6.75. The van der Waals surface area contributed by atoms with E-state index < -0.39 is 0 Å². The van der Waals surface area contributed by atoms with Crippen molar-refractivity contribution >= 4 is 23.1 Å². The predicted molar refractivity (Wildman–Crippen MR) is 18.9 cm³/mol. The van der Waals surface area contributed by atoms with Gasteiger partial charge in [-0.25, -0.2) is 7.11 Å². The Morgan fingerprint density at radius 3 is 1.40 bits per heavy atom. The summed E-state index contributed by atoms with van der Waals surface area (Å²) < 4.78 is 0. The Labute approximate surface area is 63.1 Å². The van der Waals surface area contributed by atoms with E-state index in [2.05, 4.69) is 7.11 Å². The van der Waals surface area contributed by atoms with Gasteiger partial charge in [0.15, 0.2) is 0 Å². The van der Waals surface area contributed by atoms with Crippen LogP contribution in [-0.4, -0.2) is 33.6 Å². The predicted octanol–water partition coefficient (Wildman–Crippen LogP) is -0.833. The van der Waals surface area contributed by atoms with Gasteiger partial charge >= 0.3 is 23.1 Å². The molecule has 2 nitrogen and oxygen atoms in total. The Hall–Kier alpha value is 1.31. The standard InChI is InChI=1S/CH3O.Mg.H2O.Zn.2H/c1-2;;;;;/h2H,1H2;;1H2;;;/q-1;+2;;;2*-1. The maximum Gasteiger partial charge on any atom is 2.00 e. The zero-order valence-corrected chi connectivity index (χ0v) is 7.45. The zero-order valence-electron chi connectivity index (χ0n) is 5.07. The van der Waals surface area contributed by atoms with Gasteiger partial charge in [-0.1, -0.05) is 0 Å². The molecule has 0 aromatic rings. The van der Waals surface area contributed by atoms with Gasteiger partial charge in [0.1, 0.15) is 0 Å². The quantitative estimate of drug-likeness (QED) is 0.347. The second kappa shape index (κ2) is 57.5. The van der Waals surface area contributed by atoms with Gasteiger partial charge < -0.3 is 13.4 Å². The molecule has 4 heteroatoms. The van der Waals surface area contributed by atoms with Gasteiger partial charge in [0.25, 0.3) is 0 Å². The minimum absolute atomic E-state index is 0. The first-order valence-electron chi connectivity index (χ1n) is 0.316. The Kier molecular flexibility index (Phi) is 383. The van der Waals surface area contributed by atoms with Gasteiger partial charge in [-0.05, 0) is 0 Å². The number of rotatable bonds is 0. The van der Waals surface area contributed by atoms with E-state index in [-0.39, 0.29) is 50.9 Å². The fourth-order valence-electron chi connectivity index (χ4n) is 0. The van der Waals surface area contributed by atoms with Gasteiger partial charge in [-0.3, -0.25) is 0 Å².